The first-order valence-corrected chi connectivity index (χ1v) is 16.2. The predicted molar refractivity (Wildman–Crippen MR) is 173 cm³/mol. The van der Waals surface area contributed by atoms with Crippen molar-refractivity contribution in [1.29, 1.82) is 0 Å². The molecule has 3 heterocycles. The van der Waals surface area contributed by atoms with Gasteiger partial charge in [-0.2, -0.15) is 0 Å². The van der Waals surface area contributed by atoms with E-state index in [2.05, 4.69) is 25.5 Å². The van der Waals surface area contributed by atoms with Gasteiger partial charge in [0.2, 0.25) is 23.4 Å². The molecule has 1 aromatic heterocycles. The molecular formula is C35H35F2N5O6. The molecule has 48 heavy (non-hydrogen) atoms. The lowest BCUT2D eigenvalue weighted by Gasteiger charge is -2.26. The second-order valence-electron chi connectivity index (χ2n) is 12.2. The second-order valence-corrected chi connectivity index (χ2v) is 12.2. The quantitative estimate of drug-likeness (QED) is 0.146. The molecule has 2 aliphatic heterocycles. The summed E-state index contributed by atoms with van der Waals surface area (Å²) in [5.41, 5.74) is -0.296. The zero-order valence-corrected chi connectivity index (χ0v) is 26.2. The van der Waals surface area contributed by atoms with Gasteiger partial charge < -0.3 is 34.5 Å². The maximum Gasteiger partial charge on any atom is 0.240 e. The molecule has 7 rings (SSSR count). The van der Waals surface area contributed by atoms with E-state index in [9.17, 15) is 14.0 Å². The van der Waals surface area contributed by atoms with Crippen molar-refractivity contribution in [3.8, 4) is 28.9 Å². The third-order valence-corrected chi connectivity index (χ3v) is 8.79. The van der Waals surface area contributed by atoms with Crippen molar-refractivity contribution in [3.05, 3.63) is 66.5 Å². The largest absolute Gasteiger partial charge is 0.489 e. The van der Waals surface area contributed by atoms with Gasteiger partial charge in [0.15, 0.2) is 23.1 Å². The van der Waals surface area contributed by atoms with Crippen LogP contribution in [0.4, 0.5) is 20.2 Å². The third-order valence-electron chi connectivity index (χ3n) is 8.79. The number of carbonyl (C=O) groups is 2. The summed E-state index contributed by atoms with van der Waals surface area (Å²) < 4.78 is 52.6. The zero-order chi connectivity index (χ0) is 33.1. The Morgan fingerprint density at radius 2 is 1.56 bits per heavy atom. The summed E-state index contributed by atoms with van der Waals surface area (Å²) in [6.07, 6.45) is 6.61. The molecule has 250 valence electrons. The van der Waals surface area contributed by atoms with Crippen LogP contribution in [0.15, 0.2) is 54.9 Å². The lowest BCUT2D eigenvalue weighted by Crippen LogP contribution is -2.35. The van der Waals surface area contributed by atoms with Crippen LogP contribution >= 0.6 is 0 Å². The molecule has 0 unspecified atom stereocenters. The van der Waals surface area contributed by atoms with Gasteiger partial charge in [0.1, 0.15) is 36.2 Å². The first-order valence-electron chi connectivity index (χ1n) is 16.2. The number of hydrogen-bond acceptors (Lipinski definition) is 9. The number of anilines is 2. The normalized spacial score (nSPS) is 16.6. The highest BCUT2D eigenvalue weighted by Crippen LogP contribution is 2.49. The SMILES string of the molecule is O=C(Nc1ccc(F)cc1)C1(C(=O)Nc2ccc(Oc3ncnc4cc(OCCCN5CCCCC5)c5c(c34)OCCO5)c(F)c2)CC1. The first kappa shape index (κ1) is 31.6. The average molecular weight is 660 g/mol. The maximum atomic E-state index is 15.4. The first-order chi connectivity index (χ1) is 23.4. The van der Waals surface area contributed by atoms with Crippen molar-refractivity contribution in [2.45, 2.75) is 38.5 Å². The van der Waals surface area contributed by atoms with Crippen molar-refractivity contribution in [3.63, 3.8) is 0 Å². The monoisotopic (exact) mass is 659 g/mol. The molecule has 2 N–H and O–H groups in total. The number of fused-ring (bicyclic) bond motifs is 3. The van der Waals surface area contributed by atoms with E-state index in [1.54, 1.807) is 6.07 Å². The van der Waals surface area contributed by atoms with Crippen LogP contribution < -0.4 is 29.6 Å². The lowest BCUT2D eigenvalue weighted by molar-refractivity contribution is -0.131. The van der Waals surface area contributed by atoms with E-state index in [1.807, 2.05) is 0 Å². The van der Waals surface area contributed by atoms with Crippen LogP contribution in [-0.2, 0) is 9.59 Å². The summed E-state index contributed by atoms with van der Waals surface area (Å²) in [7, 11) is 0. The van der Waals surface area contributed by atoms with Crippen LogP contribution in [0.2, 0.25) is 0 Å². The smallest absolute Gasteiger partial charge is 0.240 e. The Hall–Kier alpha value is -5.04. The van der Waals surface area contributed by atoms with Gasteiger partial charge in [-0.1, -0.05) is 6.42 Å². The number of nitrogens with one attached hydrogen (secondary N) is 2. The number of ether oxygens (including phenoxy) is 4. The Kier molecular flexibility index (Phi) is 8.94. The molecule has 3 aliphatic rings. The number of aromatic nitrogens is 2. The summed E-state index contributed by atoms with van der Waals surface area (Å²) in [5.74, 6) is -1.08. The zero-order valence-electron chi connectivity index (χ0n) is 26.2. The van der Waals surface area contributed by atoms with Crippen LogP contribution in [0.1, 0.15) is 38.5 Å². The number of nitrogens with zero attached hydrogens (tertiary/aromatic N) is 3. The highest BCUT2D eigenvalue weighted by Gasteiger charge is 2.56. The molecule has 1 saturated carbocycles. The molecule has 3 aromatic carbocycles. The number of amides is 2. The fraction of sp³-hybridized carbons (Fsp3) is 0.371. The van der Waals surface area contributed by atoms with E-state index in [-0.39, 0.29) is 17.3 Å². The molecule has 0 radical (unpaired) electrons. The molecule has 0 atom stereocenters. The molecule has 2 fully saturated rings. The maximum absolute atomic E-state index is 15.4. The fourth-order valence-corrected chi connectivity index (χ4v) is 6.00. The van der Waals surface area contributed by atoms with E-state index in [0.29, 0.717) is 66.5 Å². The Labute approximate surface area is 275 Å². The number of hydrogen-bond donors (Lipinski definition) is 2. The number of piperidine rings is 1. The predicted octanol–water partition coefficient (Wildman–Crippen LogP) is 6.08. The minimum absolute atomic E-state index is 0.0588. The topological polar surface area (TPSA) is 124 Å². The molecule has 13 heteroatoms. The van der Waals surface area contributed by atoms with Crippen LogP contribution in [0.25, 0.3) is 10.9 Å². The summed E-state index contributed by atoms with van der Waals surface area (Å²) in [5, 5.41) is 5.69. The van der Waals surface area contributed by atoms with Crippen LogP contribution in [-0.4, -0.2) is 66.1 Å². The van der Waals surface area contributed by atoms with E-state index >= 15 is 4.39 Å². The fourth-order valence-electron chi connectivity index (χ4n) is 6.00. The van der Waals surface area contributed by atoms with Crippen molar-refractivity contribution < 1.29 is 37.3 Å². The number of halogens is 2. The van der Waals surface area contributed by atoms with Gasteiger partial charge in [-0.05, 0) is 81.6 Å². The van der Waals surface area contributed by atoms with Crippen LogP contribution in [0, 0.1) is 17.0 Å². The van der Waals surface area contributed by atoms with E-state index in [0.717, 1.165) is 32.1 Å². The molecule has 0 spiro atoms. The summed E-state index contributed by atoms with van der Waals surface area (Å²) >= 11 is 0. The number of likely N-dealkylation sites (tertiary alicyclic amines) is 1. The molecule has 1 saturated heterocycles. The molecule has 2 amide bonds. The molecule has 11 nitrogen and oxygen atoms in total. The summed E-state index contributed by atoms with van der Waals surface area (Å²) in [4.78, 5) is 37.1. The van der Waals surface area contributed by atoms with Gasteiger partial charge in [-0.3, -0.25) is 9.59 Å². The van der Waals surface area contributed by atoms with Gasteiger partial charge in [-0.15, -0.1) is 0 Å². The molecule has 1 aliphatic carbocycles. The Bertz CT molecular complexity index is 1830. The van der Waals surface area contributed by atoms with E-state index in [1.165, 1.54) is 62.0 Å². The highest BCUT2D eigenvalue weighted by atomic mass is 19.1. The molecule has 4 aromatic rings. The average Bonchev–Trinajstić information content (AvgIpc) is 3.92. The van der Waals surface area contributed by atoms with Crippen molar-refractivity contribution >= 4 is 34.1 Å². The van der Waals surface area contributed by atoms with Crippen molar-refractivity contribution in [2.75, 3.05) is 50.1 Å². The lowest BCUT2D eigenvalue weighted by atomic mass is 10.0. The van der Waals surface area contributed by atoms with Gasteiger partial charge >= 0.3 is 0 Å². The van der Waals surface area contributed by atoms with Gasteiger partial charge in [0.05, 0.1) is 12.1 Å². The minimum atomic E-state index is -1.29. The second kappa shape index (κ2) is 13.6. The Morgan fingerprint density at radius 1 is 0.854 bits per heavy atom. The van der Waals surface area contributed by atoms with Crippen molar-refractivity contribution in [2.24, 2.45) is 5.41 Å². The summed E-state index contributed by atoms with van der Waals surface area (Å²) in [6.45, 7) is 4.35. The third kappa shape index (κ3) is 6.68. The molecule has 0 bridgehead atoms. The van der Waals surface area contributed by atoms with E-state index in [4.69, 9.17) is 18.9 Å². The van der Waals surface area contributed by atoms with Gasteiger partial charge in [0, 0.05) is 30.1 Å². The van der Waals surface area contributed by atoms with Gasteiger partial charge in [0.25, 0.3) is 0 Å². The van der Waals surface area contributed by atoms with Gasteiger partial charge in [-0.25, -0.2) is 18.7 Å². The van der Waals surface area contributed by atoms with Crippen LogP contribution in [0.3, 0.4) is 0 Å². The standard InChI is InChI=1S/C35H35F2N5O6/c36-22-5-7-23(8-6-22)40-33(43)35(11-12-35)34(44)41-24-9-10-27(25(37)19-24)48-32-29-26(38-21-39-32)20-28(30-31(29)47-18-17-46-30)45-16-4-15-42-13-2-1-3-14-42/h5-10,19-21H,1-4,11-18H2,(H,40,43)(H,41,44). The summed E-state index contributed by atoms with van der Waals surface area (Å²) in [6, 6.07) is 10.9. The minimum Gasteiger partial charge on any atom is -0.489 e. The van der Waals surface area contributed by atoms with Crippen molar-refractivity contribution in [1.82, 2.24) is 14.9 Å². The number of carbonyl (C=O) groups excluding carboxylic acids is 2. The number of rotatable bonds is 11. The van der Waals surface area contributed by atoms with Crippen LogP contribution in [0.5, 0.6) is 28.9 Å². The number of benzene rings is 3. The molecular weight excluding hydrogens is 624 g/mol. The van der Waals surface area contributed by atoms with E-state index < -0.39 is 28.9 Å². The Balaban J connectivity index is 1.04. The Morgan fingerprint density at radius 3 is 2.29 bits per heavy atom. The highest BCUT2D eigenvalue weighted by molar-refractivity contribution is 6.16.